The molecule has 0 unspecified atom stereocenters. The van der Waals surface area contributed by atoms with Crippen LogP contribution in [0.2, 0.25) is 5.02 Å². The number of carbonyl (C=O) groups is 2. The third kappa shape index (κ3) is 3.43. The van der Waals surface area contributed by atoms with Crippen LogP contribution in [-0.2, 0) is 9.59 Å². The molecule has 0 spiro atoms. The molecule has 98 valence electrons. The van der Waals surface area contributed by atoms with Gasteiger partial charge in [-0.1, -0.05) is 31.5 Å². The van der Waals surface area contributed by atoms with Crippen LogP contribution in [0.25, 0.3) is 0 Å². The van der Waals surface area contributed by atoms with Crippen molar-refractivity contribution in [1.29, 1.82) is 0 Å². The first-order valence-corrected chi connectivity index (χ1v) is 5.69. The van der Waals surface area contributed by atoms with Gasteiger partial charge in [0.05, 0.1) is 6.04 Å². The lowest BCUT2D eigenvalue weighted by molar-refractivity contribution is -0.150. The van der Waals surface area contributed by atoms with Crippen molar-refractivity contribution in [3.63, 3.8) is 0 Å². The predicted octanol–water partition coefficient (Wildman–Crippen LogP) is 2.38. The van der Waals surface area contributed by atoms with E-state index < -0.39 is 23.7 Å². The molecule has 1 rings (SSSR count). The molecule has 0 aliphatic carbocycles. The van der Waals surface area contributed by atoms with Crippen molar-refractivity contribution < 1.29 is 19.1 Å². The van der Waals surface area contributed by atoms with Gasteiger partial charge >= 0.3 is 11.9 Å². The fourth-order valence-corrected chi connectivity index (χ4v) is 1.72. The second kappa shape index (κ2) is 5.82. The molecular formula is C12H13ClFNO3. The number of hydrogen-bond donors (Lipinski definition) is 2. The molecule has 4 nitrogen and oxygen atoms in total. The van der Waals surface area contributed by atoms with Crippen molar-refractivity contribution in [2.45, 2.75) is 19.9 Å². The predicted molar refractivity (Wildman–Crippen MR) is 64.8 cm³/mol. The van der Waals surface area contributed by atoms with Crippen molar-refractivity contribution in [3.05, 3.63) is 34.6 Å². The van der Waals surface area contributed by atoms with E-state index in [4.69, 9.17) is 16.7 Å². The third-order valence-corrected chi connectivity index (χ3v) is 2.68. The Balaban J connectivity index is 3.05. The second-order valence-electron chi connectivity index (χ2n) is 4.17. The van der Waals surface area contributed by atoms with E-state index in [1.165, 1.54) is 12.1 Å². The van der Waals surface area contributed by atoms with Crippen molar-refractivity contribution >= 4 is 23.5 Å². The first-order valence-electron chi connectivity index (χ1n) is 5.31. The molecule has 2 N–H and O–H groups in total. The number of aliphatic carboxylic acids is 1. The minimum atomic E-state index is -1.60. The number of carboxylic acids is 1. The minimum absolute atomic E-state index is 0.163. The topological polar surface area (TPSA) is 66.4 Å². The highest BCUT2D eigenvalue weighted by atomic mass is 35.5. The Morgan fingerprint density at radius 3 is 2.44 bits per heavy atom. The SMILES string of the molecule is CC(C)[C@H](NC(=O)C(=O)O)c1ccc(Cl)cc1F. The summed E-state index contributed by atoms with van der Waals surface area (Å²) in [5.41, 5.74) is 0.212. The molecular weight excluding hydrogens is 261 g/mol. The Bertz CT molecular complexity index is 476. The van der Waals surface area contributed by atoms with Gasteiger partial charge in [0.1, 0.15) is 5.82 Å². The summed E-state index contributed by atoms with van der Waals surface area (Å²) in [5.74, 6) is -3.51. The highest BCUT2D eigenvalue weighted by Gasteiger charge is 2.24. The molecule has 1 aromatic rings. The molecule has 6 heteroatoms. The summed E-state index contributed by atoms with van der Waals surface area (Å²) in [6.07, 6.45) is 0. The van der Waals surface area contributed by atoms with E-state index in [-0.39, 0.29) is 16.5 Å². The third-order valence-electron chi connectivity index (χ3n) is 2.45. The summed E-state index contributed by atoms with van der Waals surface area (Å²) in [5, 5.41) is 11.1. The average Bonchev–Trinajstić information content (AvgIpc) is 2.26. The number of halogens is 2. The second-order valence-corrected chi connectivity index (χ2v) is 4.60. The maximum Gasteiger partial charge on any atom is 0.394 e. The zero-order valence-electron chi connectivity index (χ0n) is 9.91. The molecule has 1 amide bonds. The zero-order valence-corrected chi connectivity index (χ0v) is 10.7. The standard InChI is InChI=1S/C12H13ClFNO3/c1-6(2)10(15-11(16)12(17)18)8-4-3-7(13)5-9(8)14/h3-6,10H,1-2H3,(H,15,16)(H,17,18)/t10-/m0/s1. The molecule has 1 aromatic carbocycles. The van der Waals surface area contributed by atoms with Crippen LogP contribution >= 0.6 is 11.6 Å². The number of amides is 1. The summed E-state index contributed by atoms with van der Waals surface area (Å²) in [6.45, 7) is 3.50. The lowest BCUT2D eigenvalue weighted by Gasteiger charge is -2.22. The first-order chi connectivity index (χ1) is 8.32. The highest BCUT2D eigenvalue weighted by molar-refractivity contribution is 6.31. The number of carboxylic acid groups (broad SMARTS) is 1. The van der Waals surface area contributed by atoms with Crippen molar-refractivity contribution in [3.8, 4) is 0 Å². The molecule has 0 saturated carbocycles. The highest BCUT2D eigenvalue weighted by Crippen LogP contribution is 2.26. The maximum atomic E-state index is 13.7. The minimum Gasteiger partial charge on any atom is -0.474 e. The van der Waals surface area contributed by atoms with Gasteiger partial charge in [-0.3, -0.25) is 4.79 Å². The van der Waals surface area contributed by atoms with E-state index in [1.54, 1.807) is 13.8 Å². The Morgan fingerprint density at radius 1 is 1.39 bits per heavy atom. The van der Waals surface area contributed by atoms with Crippen molar-refractivity contribution in [2.75, 3.05) is 0 Å². The molecule has 0 radical (unpaired) electrons. The van der Waals surface area contributed by atoms with Crippen LogP contribution in [0.5, 0.6) is 0 Å². The fourth-order valence-electron chi connectivity index (χ4n) is 1.56. The molecule has 0 saturated heterocycles. The normalized spacial score (nSPS) is 12.3. The molecule has 0 heterocycles. The van der Waals surface area contributed by atoms with Crippen LogP contribution in [0.1, 0.15) is 25.5 Å². The Labute approximate surface area is 109 Å². The smallest absolute Gasteiger partial charge is 0.394 e. The monoisotopic (exact) mass is 273 g/mol. The Hall–Kier alpha value is -1.62. The number of rotatable bonds is 3. The molecule has 0 aliphatic rings. The fraction of sp³-hybridized carbons (Fsp3) is 0.333. The van der Waals surface area contributed by atoms with Crippen LogP contribution in [0.4, 0.5) is 4.39 Å². The van der Waals surface area contributed by atoms with Crippen LogP contribution in [0.15, 0.2) is 18.2 Å². The van der Waals surface area contributed by atoms with Gasteiger partial charge in [-0.05, 0) is 18.1 Å². The molecule has 0 fully saturated rings. The van der Waals surface area contributed by atoms with Crippen LogP contribution in [0.3, 0.4) is 0 Å². The van der Waals surface area contributed by atoms with Crippen molar-refractivity contribution in [1.82, 2.24) is 5.32 Å². The lowest BCUT2D eigenvalue weighted by Crippen LogP contribution is -2.36. The van der Waals surface area contributed by atoms with E-state index in [0.29, 0.717) is 0 Å². The molecule has 1 atom stereocenters. The van der Waals surface area contributed by atoms with Gasteiger partial charge in [0.15, 0.2) is 0 Å². The van der Waals surface area contributed by atoms with Crippen LogP contribution in [0, 0.1) is 11.7 Å². The number of benzene rings is 1. The lowest BCUT2D eigenvalue weighted by atomic mass is 9.95. The number of nitrogens with one attached hydrogen (secondary N) is 1. The van der Waals surface area contributed by atoms with E-state index in [1.807, 2.05) is 0 Å². The van der Waals surface area contributed by atoms with Crippen molar-refractivity contribution in [2.24, 2.45) is 5.92 Å². The first kappa shape index (κ1) is 14.4. The average molecular weight is 274 g/mol. The van der Waals surface area contributed by atoms with Gasteiger partial charge in [0, 0.05) is 10.6 Å². The molecule has 0 aliphatic heterocycles. The van der Waals surface area contributed by atoms with Gasteiger partial charge in [0.25, 0.3) is 0 Å². The summed E-state index contributed by atoms with van der Waals surface area (Å²) in [4.78, 5) is 21.7. The summed E-state index contributed by atoms with van der Waals surface area (Å²) in [6, 6.07) is 3.33. The van der Waals surface area contributed by atoms with E-state index in [2.05, 4.69) is 5.32 Å². The number of hydrogen-bond acceptors (Lipinski definition) is 2. The summed E-state index contributed by atoms with van der Waals surface area (Å²) < 4.78 is 13.7. The van der Waals surface area contributed by atoms with Gasteiger partial charge < -0.3 is 10.4 Å². The van der Waals surface area contributed by atoms with Gasteiger partial charge in [0.2, 0.25) is 0 Å². The Kier molecular flexibility index (Phi) is 4.67. The van der Waals surface area contributed by atoms with Gasteiger partial charge in [-0.15, -0.1) is 0 Å². The van der Waals surface area contributed by atoms with Gasteiger partial charge in [-0.25, -0.2) is 9.18 Å². The van der Waals surface area contributed by atoms with E-state index in [0.717, 1.165) is 6.07 Å². The van der Waals surface area contributed by atoms with E-state index in [9.17, 15) is 14.0 Å². The Morgan fingerprint density at radius 2 is 2.00 bits per heavy atom. The number of carbonyl (C=O) groups excluding carboxylic acids is 1. The summed E-state index contributed by atoms with van der Waals surface area (Å²) in [7, 11) is 0. The van der Waals surface area contributed by atoms with Gasteiger partial charge in [-0.2, -0.15) is 0 Å². The zero-order chi connectivity index (χ0) is 13.9. The van der Waals surface area contributed by atoms with E-state index >= 15 is 0 Å². The maximum absolute atomic E-state index is 13.7. The molecule has 0 bridgehead atoms. The quantitative estimate of drug-likeness (QED) is 0.831. The van der Waals surface area contributed by atoms with Crippen LogP contribution < -0.4 is 5.32 Å². The summed E-state index contributed by atoms with van der Waals surface area (Å²) >= 11 is 5.64. The molecule has 0 aromatic heterocycles. The van der Waals surface area contributed by atoms with Crippen LogP contribution in [-0.4, -0.2) is 17.0 Å². The molecule has 18 heavy (non-hydrogen) atoms. The largest absolute Gasteiger partial charge is 0.474 e.